The number of rotatable bonds is 14. The molecule has 4 N–H and O–H groups in total. The van der Waals surface area contributed by atoms with Crippen molar-refractivity contribution < 1.29 is 29.0 Å². The largest absolute Gasteiger partial charge is 0.479 e. The molecule has 2 aromatic rings. The molecule has 35 heavy (non-hydrogen) atoms. The minimum Gasteiger partial charge on any atom is -0.479 e. The first kappa shape index (κ1) is 28.4. The molecule has 0 aromatic heterocycles. The van der Waals surface area contributed by atoms with Gasteiger partial charge in [0, 0.05) is 31.8 Å². The van der Waals surface area contributed by atoms with Crippen molar-refractivity contribution in [3.8, 4) is 5.75 Å². The molecule has 2 aromatic carbocycles. The van der Waals surface area contributed by atoms with Gasteiger partial charge in [0.25, 0.3) is 5.91 Å². The maximum Gasteiger partial charge on any atom is 0.344 e. The van der Waals surface area contributed by atoms with E-state index in [0.29, 0.717) is 31.2 Å². The summed E-state index contributed by atoms with van der Waals surface area (Å²) in [4.78, 5) is 36.6. The molecule has 0 fully saturated rings. The molecule has 0 radical (unpaired) electrons. The predicted octanol–water partition coefficient (Wildman–Crippen LogP) is 3.04. The zero-order valence-electron chi connectivity index (χ0n) is 19.2. The van der Waals surface area contributed by atoms with Crippen LogP contribution in [-0.4, -0.2) is 64.5 Å². The number of carbonyl (C=O) groups excluding carboxylic acids is 2. The van der Waals surface area contributed by atoms with Crippen molar-refractivity contribution in [2.45, 2.75) is 36.9 Å². The molecule has 0 bridgehead atoms. The SMILES string of the molecule is CCOCCN(Cc1ccc(NC(=O)[C@@H](N)CC(Oc2ccccc2)C(=O)O)cc1)C(=O)C(Cl)Cl. The normalized spacial score (nSPS) is 12.6. The Labute approximate surface area is 214 Å². The van der Waals surface area contributed by atoms with Crippen LogP contribution in [0.1, 0.15) is 18.9 Å². The second kappa shape index (κ2) is 14.5. The fourth-order valence-corrected chi connectivity index (χ4v) is 3.35. The molecular formula is C24H29Cl2N3O6. The van der Waals surface area contributed by atoms with E-state index >= 15 is 0 Å². The Morgan fingerprint density at radius 3 is 2.31 bits per heavy atom. The highest BCUT2D eigenvalue weighted by Crippen LogP contribution is 2.17. The van der Waals surface area contributed by atoms with E-state index in [0.717, 1.165) is 5.56 Å². The number of hydrogen-bond acceptors (Lipinski definition) is 6. The predicted molar refractivity (Wildman–Crippen MR) is 134 cm³/mol. The second-order valence-corrected chi connectivity index (χ2v) is 8.64. The molecule has 1 unspecified atom stereocenters. The van der Waals surface area contributed by atoms with Crippen LogP contribution < -0.4 is 15.8 Å². The van der Waals surface area contributed by atoms with Gasteiger partial charge in [-0.15, -0.1) is 0 Å². The molecule has 0 saturated carbocycles. The van der Waals surface area contributed by atoms with E-state index in [1.165, 1.54) is 4.90 Å². The summed E-state index contributed by atoms with van der Waals surface area (Å²) in [5.41, 5.74) is 7.18. The maximum absolute atomic E-state index is 12.5. The van der Waals surface area contributed by atoms with E-state index in [9.17, 15) is 19.5 Å². The molecule has 2 rings (SSSR count). The Bertz CT molecular complexity index is 959. The number of carbonyl (C=O) groups is 3. The lowest BCUT2D eigenvalue weighted by atomic mass is 10.1. The average Bonchev–Trinajstić information content (AvgIpc) is 2.84. The van der Waals surface area contributed by atoms with Crippen LogP contribution in [-0.2, 0) is 25.7 Å². The number of nitrogens with zero attached hydrogens (tertiary/aromatic N) is 1. The van der Waals surface area contributed by atoms with Gasteiger partial charge in [0.15, 0.2) is 10.9 Å². The molecule has 9 nitrogen and oxygen atoms in total. The number of halogens is 2. The molecule has 0 aliphatic heterocycles. The van der Waals surface area contributed by atoms with Crippen LogP contribution in [0.3, 0.4) is 0 Å². The number of carboxylic acids is 1. The first-order valence-corrected chi connectivity index (χ1v) is 11.8. The quantitative estimate of drug-likeness (QED) is 0.255. The van der Waals surface area contributed by atoms with Gasteiger partial charge in [0.05, 0.1) is 12.6 Å². The van der Waals surface area contributed by atoms with Crippen molar-refractivity contribution in [2.75, 3.05) is 25.1 Å². The van der Waals surface area contributed by atoms with Crippen LogP contribution in [0.4, 0.5) is 5.69 Å². The standard InChI is InChI=1S/C24H29Cl2N3O6/c1-2-34-13-12-29(23(31)21(25)26)15-16-8-10-17(11-9-16)28-22(30)19(27)14-20(24(32)33)35-18-6-4-3-5-7-18/h3-11,19-21H,2,12-15,27H2,1H3,(H,28,30)(H,32,33)/t19-,20?/m0/s1. The molecule has 2 atom stereocenters. The summed E-state index contributed by atoms with van der Waals surface area (Å²) in [5, 5.41) is 12.1. The third-order valence-corrected chi connectivity index (χ3v) is 5.28. The first-order valence-electron chi connectivity index (χ1n) is 11.0. The fraction of sp³-hybridized carbons (Fsp3) is 0.375. The second-order valence-electron chi connectivity index (χ2n) is 7.54. The van der Waals surface area contributed by atoms with Crippen LogP contribution in [0.15, 0.2) is 54.6 Å². The Balaban J connectivity index is 1.95. The van der Waals surface area contributed by atoms with Gasteiger partial charge in [-0.2, -0.15) is 0 Å². The Morgan fingerprint density at radius 1 is 1.09 bits per heavy atom. The Kier molecular flexibility index (Phi) is 11.8. The van der Waals surface area contributed by atoms with Crippen LogP contribution in [0.5, 0.6) is 5.75 Å². The molecule has 0 saturated heterocycles. The summed E-state index contributed by atoms with van der Waals surface area (Å²) < 4.78 is 10.8. The minimum atomic E-state index is -1.28. The average molecular weight is 526 g/mol. The third kappa shape index (κ3) is 9.73. The number of ether oxygens (including phenoxy) is 2. The zero-order valence-corrected chi connectivity index (χ0v) is 20.7. The van der Waals surface area contributed by atoms with E-state index in [4.69, 9.17) is 38.4 Å². The molecule has 0 aliphatic carbocycles. The van der Waals surface area contributed by atoms with Crippen LogP contribution in [0, 0.1) is 0 Å². The van der Waals surface area contributed by atoms with Crippen molar-refractivity contribution in [3.63, 3.8) is 0 Å². The van der Waals surface area contributed by atoms with Crippen molar-refractivity contribution in [2.24, 2.45) is 5.73 Å². The summed E-state index contributed by atoms with van der Waals surface area (Å²) in [7, 11) is 0. The number of aliphatic carboxylic acids is 1. The molecule has 11 heteroatoms. The van der Waals surface area contributed by atoms with Gasteiger partial charge in [0.1, 0.15) is 5.75 Å². The lowest BCUT2D eigenvalue weighted by Crippen LogP contribution is -2.42. The lowest BCUT2D eigenvalue weighted by molar-refractivity contribution is -0.145. The van der Waals surface area contributed by atoms with E-state index in [1.54, 1.807) is 54.6 Å². The molecule has 190 valence electrons. The van der Waals surface area contributed by atoms with Crippen LogP contribution in [0.2, 0.25) is 0 Å². The van der Waals surface area contributed by atoms with Gasteiger partial charge >= 0.3 is 5.97 Å². The number of amides is 2. The fourth-order valence-electron chi connectivity index (χ4n) is 3.07. The van der Waals surface area contributed by atoms with Crippen molar-refractivity contribution in [1.82, 2.24) is 4.90 Å². The molecule has 0 aliphatic rings. The topological polar surface area (TPSA) is 131 Å². The summed E-state index contributed by atoms with van der Waals surface area (Å²) in [6.45, 7) is 3.31. The van der Waals surface area contributed by atoms with Gasteiger partial charge in [-0.3, -0.25) is 9.59 Å². The molecule has 0 heterocycles. The van der Waals surface area contributed by atoms with Crippen molar-refractivity contribution >= 4 is 46.7 Å². The Hall–Kier alpha value is -2.85. The maximum atomic E-state index is 12.5. The molecule has 0 spiro atoms. The van der Waals surface area contributed by atoms with E-state index in [2.05, 4.69) is 5.32 Å². The lowest BCUT2D eigenvalue weighted by Gasteiger charge is -2.23. The first-order chi connectivity index (χ1) is 16.7. The summed E-state index contributed by atoms with van der Waals surface area (Å²) in [6, 6.07) is 14.1. The number of alkyl halides is 2. The van der Waals surface area contributed by atoms with Crippen LogP contribution >= 0.6 is 23.2 Å². The number of carboxylic acid groups (broad SMARTS) is 1. The monoisotopic (exact) mass is 525 g/mol. The number of benzene rings is 2. The molecule has 2 amide bonds. The highest BCUT2D eigenvalue weighted by molar-refractivity contribution is 6.53. The zero-order chi connectivity index (χ0) is 25.8. The molecular weight excluding hydrogens is 497 g/mol. The highest BCUT2D eigenvalue weighted by atomic mass is 35.5. The van der Waals surface area contributed by atoms with E-state index < -0.39 is 34.8 Å². The number of nitrogens with one attached hydrogen (secondary N) is 1. The van der Waals surface area contributed by atoms with E-state index in [-0.39, 0.29) is 13.0 Å². The summed E-state index contributed by atoms with van der Waals surface area (Å²) >= 11 is 11.5. The van der Waals surface area contributed by atoms with Crippen LogP contribution in [0.25, 0.3) is 0 Å². The van der Waals surface area contributed by atoms with Crippen molar-refractivity contribution in [3.05, 3.63) is 60.2 Å². The van der Waals surface area contributed by atoms with Gasteiger partial charge in [0.2, 0.25) is 5.91 Å². The van der Waals surface area contributed by atoms with Crippen molar-refractivity contribution in [1.29, 1.82) is 0 Å². The smallest absolute Gasteiger partial charge is 0.344 e. The number of anilines is 1. The van der Waals surface area contributed by atoms with Gasteiger partial charge in [-0.1, -0.05) is 53.5 Å². The Morgan fingerprint density at radius 2 is 1.74 bits per heavy atom. The number of nitrogens with two attached hydrogens (primary N) is 1. The number of hydrogen-bond donors (Lipinski definition) is 3. The summed E-state index contributed by atoms with van der Waals surface area (Å²) in [5.74, 6) is -1.84. The number of para-hydroxylation sites is 1. The minimum absolute atomic E-state index is 0.219. The summed E-state index contributed by atoms with van der Waals surface area (Å²) in [6.07, 6.45) is -1.50. The van der Waals surface area contributed by atoms with E-state index in [1.807, 2.05) is 6.92 Å². The van der Waals surface area contributed by atoms with Gasteiger partial charge in [-0.25, -0.2) is 4.79 Å². The van der Waals surface area contributed by atoms with Gasteiger partial charge in [-0.05, 0) is 36.8 Å². The van der Waals surface area contributed by atoms with Gasteiger partial charge < -0.3 is 30.5 Å². The third-order valence-electron chi connectivity index (χ3n) is 4.90. The highest BCUT2D eigenvalue weighted by Gasteiger charge is 2.26.